The number of carbonyl (C=O) groups is 7. The van der Waals surface area contributed by atoms with E-state index in [1.54, 1.807) is 0 Å². The highest BCUT2D eigenvalue weighted by Gasteiger charge is 2.48. The molecule has 0 saturated heterocycles. The van der Waals surface area contributed by atoms with Gasteiger partial charge in [-0.15, -0.1) is 0 Å². The van der Waals surface area contributed by atoms with Crippen LogP contribution in [0.25, 0.3) is 0 Å². The molecule has 0 aromatic carbocycles. The third-order valence-electron chi connectivity index (χ3n) is 12.4. The second-order valence-electron chi connectivity index (χ2n) is 19.2. The van der Waals surface area contributed by atoms with Gasteiger partial charge < -0.3 is 28.4 Å². The Kier molecular flexibility index (Phi) is 39.8. The Morgan fingerprint density at radius 3 is 1.17 bits per heavy atom. The van der Waals surface area contributed by atoms with Gasteiger partial charge in [0.1, 0.15) is 5.78 Å². The van der Waals surface area contributed by atoms with Gasteiger partial charge in [-0.1, -0.05) is 118 Å². The SMILES string of the molecule is CCCCCCCC(=O)OCCCCCCC(=O)CC(CC(=O)OCCCCCOC(=O)CCCCCCC)(OC(=O)CCN(CCC)C1CC1)C(=O)OCCCCCOC(=O)CCCCCCC. The molecule has 1 fully saturated rings. The van der Waals surface area contributed by atoms with Gasteiger partial charge in [-0.25, -0.2) is 4.79 Å². The Bertz CT molecular complexity index is 1330. The van der Waals surface area contributed by atoms with Crippen molar-refractivity contribution in [3.63, 3.8) is 0 Å². The Balaban J connectivity index is 2.93. The first-order valence-corrected chi connectivity index (χ1v) is 27.8. The lowest BCUT2D eigenvalue weighted by atomic mass is 9.90. The van der Waals surface area contributed by atoms with Gasteiger partial charge in [0, 0.05) is 38.3 Å². The van der Waals surface area contributed by atoms with Gasteiger partial charge in [-0.3, -0.25) is 33.7 Å². The molecule has 0 aliphatic heterocycles. The molecule has 0 heterocycles. The van der Waals surface area contributed by atoms with E-state index in [2.05, 4.69) is 32.6 Å². The summed E-state index contributed by atoms with van der Waals surface area (Å²) in [7, 11) is 0. The number of Topliss-reactive ketones (excluding diaryl/α,β-unsaturated/α-hetero) is 1. The van der Waals surface area contributed by atoms with Crippen LogP contribution >= 0.6 is 0 Å². The molecule has 14 nitrogen and oxygen atoms in total. The fourth-order valence-corrected chi connectivity index (χ4v) is 8.13. The zero-order valence-electron chi connectivity index (χ0n) is 44.0. The van der Waals surface area contributed by atoms with E-state index in [4.69, 9.17) is 28.4 Å². The van der Waals surface area contributed by atoms with Crippen LogP contribution < -0.4 is 0 Å². The fourth-order valence-electron chi connectivity index (χ4n) is 8.13. The van der Waals surface area contributed by atoms with E-state index in [0.717, 1.165) is 122 Å². The molecule has 1 atom stereocenters. The van der Waals surface area contributed by atoms with Crippen molar-refractivity contribution < 1.29 is 62.0 Å². The second-order valence-corrected chi connectivity index (χ2v) is 19.2. The Hall–Kier alpha value is -3.55. The summed E-state index contributed by atoms with van der Waals surface area (Å²) in [6.45, 7) is 10.6. The standard InChI is InChI=1S/C55H97NO13/c1-5-9-12-15-23-32-49(58)64-40-26-19-18-22-31-48(57)45-55(69-52(61)37-39-56(38-8-4)47-35-36-47,54(63)68-44-30-21-28-42-66-51(60)34-25-17-14-11-7-3)46-53(62)67-43-29-20-27-41-65-50(59)33-24-16-13-10-6-2/h47H,5-46H2,1-4H3. The average molecular weight is 980 g/mol. The van der Waals surface area contributed by atoms with Gasteiger partial charge >= 0.3 is 35.8 Å². The minimum absolute atomic E-state index is 0.0287. The molecule has 0 aromatic rings. The molecule has 14 heteroatoms. The molecule has 400 valence electrons. The molecule has 1 aliphatic rings. The number of nitrogens with zero attached hydrogens (tertiary/aromatic N) is 1. The minimum atomic E-state index is -2.22. The molecule has 1 saturated carbocycles. The van der Waals surface area contributed by atoms with Crippen molar-refractivity contribution in [1.82, 2.24) is 4.90 Å². The first-order valence-electron chi connectivity index (χ1n) is 27.8. The lowest BCUT2D eigenvalue weighted by Gasteiger charge is -2.31. The fraction of sp³-hybridized carbons (Fsp3) is 0.873. The molecule has 1 rings (SSSR count). The van der Waals surface area contributed by atoms with E-state index in [1.165, 1.54) is 6.42 Å². The van der Waals surface area contributed by atoms with E-state index in [9.17, 15) is 33.6 Å². The van der Waals surface area contributed by atoms with E-state index in [0.29, 0.717) is 96.2 Å². The van der Waals surface area contributed by atoms with Crippen LogP contribution in [0.1, 0.15) is 252 Å². The molecule has 1 aliphatic carbocycles. The molecular weight excluding hydrogens is 883 g/mol. The smallest absolute Gasteiger partial charge is 0.351 e. The quantitative estimate of drug-likeness (QED) is 0.0319. The van der Waals surface area contributed by atoms with E-state index < -0.39 is 36.4 Å². The van der Waals surface area contributed by atoms with Gasteiger partial charge in [-0.2, -0.15) is 0 Å². The monoisotopic (exact) mass is 980 g/mol. The molecule has 0 amide bonds. The number of esters is 6. The third kappa shape index (κ3) is 36.1. The minimum Gasteiger partial charge on any atom is -0.466 e. The summed E-state index contributed by atoms with van der Waals surface area (Å²) in [5, 5.41) is 0. The highest BCUT2D eigenvalue weighted by Crippen LogP contribution is 2.29. The summed E-state index contributed by atoms with van der Waals surface area (Å²) in [6, 6.07) is 0.405. The topological polar surface area (TPSA) is 178 Å². The molecule has 0 aromatic heterocycles. The molecule has 0 bridgehead atoms. The largest absolute Gasteiger partial charge is 0.466 e. The Morgan fingerprint density at radius 2 is 0.754 bits per heavy atom. The van der Waals surface area contributed by atoms with Crippen molar-refractivity contribution in [2.75, 3.05) is 46.1 Å². The summed E-state index contributed by atoms with van der Waals surface area (Å²) in [4.78, 5) is 93.7. The van der Waals surface area contributed by atoms with Crippen molar-refractivity contribution in [3.05, 3.63) is 0 Å². The number of ether oxygens (including phenoxy) is 6. The van der Waals surface area contributed by atoms with Crippen molar-refractivity contribution >= 4 is 41.6 Å². The molecule has 0 N–H and O–H groups in total. The summed E-state index contributed by atoms with van der Waals surface area (Å²) in [6.07, 6.45) is 24.8. The maximum absolute atomic E-state index is 14.2. The number of hydrogen-bond donors (Lipinski definition) is 0. The van der Waals surface area contributed by atoms with Crippen LogP contribution in [0.5, 0.6) is 0 Å². The van der Waals surface area contributed by atoms with Crippen LogP contribution in [0.2, 0.25) is 0 Å². The lowest BCUT2D eigenvalue weighted by Crippen LogP contribution is -2.49. The maximum Gasteiger partial charge on any atom is 0.351 e. The summed E-state index contributed by atoms with van der Waals surface area (Å²) in [5.41, 5.74) is -2.22. The normalized spacial score (nSPS) is 13.1. The van der Waals surface area contributed by atoms with Crippen LogP contribution in [0, 0.1) is 0 Å². The lowest BCUT2D eigenvalue weighted by molar-refractivity contribution is -0.189. The number of rotatable bonds is 49. The van der Waals surface area contributed by atoms with Gasteiger partial charge in [-0.05, 0) is 96.4 Å². The van der Waals surface area contributed by atoms with Crippen LogP contribution in [0.3, 0.4) is 0 Å². The third-order valence-corrected chi connectivity index (χ3v) is 12.4. The van der Waals surface area contributed by atoms with Gasteiger partial charge in [0.05, 0.1) is 52.3 Å². The molecular formula is C55H97NO13. The highest BCUT2D eigenvalue weighted by atomic mass is 16.6. The summed E-state index contributed by atoms with van der Waals surface area (Å²) < 4.78 is 33.4. The predicted molar refractivity (Wildman–Crippen MR) is 268 cm³/mol. The molecule has 0 radical (unpaired) electrons. The molecule has 69 heavy (non-hydrogen) atoms. The molecule has 0 spiro atoms. The maximum atomic E-state index is 14.2. The number of ketones is 1. The number of carbonyl (C=O) groups excluding carboxylic acids is 7. The molecule has 1 unspecified atom stereocenters. The van der Waals surface area contributed by atoms with Crippen LogP contribution in [0.4, 0.5) is 0 Å². The zero-order chi connectivity index (χ0) is 50.6. The van der Waals surface area contributed by atoms with Crippen LogP contribution in [-0.4, -0.2) is 104 Å². The van der Waals surface area contributed by atoms with Gasteiger partial charge in [0.25, 0.3) is 0 Å². The number of hydrogen-bond acceptors (Lipinski definition) is 14. The van der Waals surface area contributed by atoms with E-state index in [-0.39, 0.29) is 63.0 Å². The van der Waals surface area contributed by atoms with Crippen LogP contribution in [0.15, 0.2) is 0 Å². The van der Waals surface area contributed by atoms with Crippen molar-refractivity contribution in [2.45, 2.75) is 264 Å². The van der Waals surface area contributed by atoms with Gasteiger partial charge in [0.2, 0.25) is 5.60 Å². The highest BCUT2D eigenvalue weighted by molar-refractivity contribution is 5.94. The average Bonchev–Trinajstić information content (AvgIpc) is 4.17. The van der Waals surface area contributed by atoms with Gasteiger partial charge in [0.15, 0.2) is 0 Å². The summed E-state index contributed by atoms with van der Waals surface area (Å²) in [5.74, 6) is -3.43. The number of unbranched alkanes of at least 4 members (excludes halogenated alkanes) is 19. The van der Waals surface area contributed by atoms with Crippen LogP contribution in [-0.2, 0) is 62.0 Å². The van der Waals surface area contributed by atoms with E-state index >= 15 is 0 Å². The van der Waals surface area contributed by atoms with E-state index in [1.807, 2.05) is 0 Å². The van der Waals surface area contributed by atoms with Crippen molar-refractivity contribution in [3.8, 4) is 0 Å². The first-order chi connectivity index (χ1) is 33.5. The van der Waals surface area contributed by atoms with Crippen molar-refractivity contribution in [1.29, 1.82) is 0 Å². The zero-order valence-corrected chi connectivity index (χ0v) is 44.0. The predicted octanol–water partition coefficient (Wildman–Crippen LogP) is 12.0. The van der Waals surface area contributed by atoms with Crippen molar-refractivity contribution in [2.24, 2.45) is 0 Å². The second kappa shape index (κ2) is 43.3. The first kappa shape index (κ1) is 63.5. The Labute approximate surface area is 417 Å². The summed E-state index contributed by atoms with van der Waals surface area (Å²) >= 11 is 0. The Morgan fingerprint density at radius 1 is 0.377 bits per heavy atom.